The van der Waals surface area contributed by atoms with Gasteiger partial charge in [0.25, 0.3) is 0 Å². The van der Waals surface area contributed by atoms with Crippen LogP contribution in [0.15, 0.2) is 59.7 Å². The van der Waals surface area contributed by atoms with Gasteiger partial charge in [-0.15, -0.1) is 0 Å². The van der Waals surface area contributed by atoms with Crippen LogP contribution in [-0.4, -0.2) is 22.7 Å². The van der Waals surface area contributed by atoms with Crippen molar-refractivity contribution in [1.82, 2.24) is 5.32 Å². The van der Waals surface area contributed by atoms with Crippen LogP contribution in [0.5, 0.6) is 11.5 Å². The van der Waals surface area contributed by atoms with Gasteiger partial charge in [-0.3, -0.25) is 4.79 Å². The number of phenolic OH excluding ortho intramolecular Hbond substituents is 2. The van der Waals surface area contributed by atoms with E-state index >= 15 is 0 Å². The summed E-state index contributed by atoms with van der Waals surface area (Å²) in [6.07, 6.45) is 12.8. The van der Waals surface area contributed by atoms with Crippen LogP contribution in [0.2, 0.25) is 0 Å². The summed E-state index contributed by atoms with van der Waals surface area (Å²) >= 11 is 0. The molecule has 0 radical (unpaired) electrons. The molecule has 3 N–H and O–H groups in total. The Hall–Kier alpha value is -2.75. The molecule has 0 saturated carbocycles. The molecule has 0 bridgehead atoms. The van der Waals surface area contributed by atoms with Crippen molar-refractivity contribution < 1.29 is 15.0 Å². The lowest BCUT2D eigenvalue weighted by Gasteiger charge is -2.01. The van der Waals surface area contributed by atoms with Crippen LogP contribution in [0.25, 0.3) is 6.08 Å². The van der Waals surface area contributed by atoms with E-state index < -0.39 is 0 Å². The number of phenols is 2. The smallest absolute Gasteiger partial charge is 0.244 e. The van der Waals surface area contributed by atoms with Gasteiger partial charge in [-0.05, 0) is 51.3 Å². The number of hydrogen-bond acceptors (Lipinski definition) is 3. The molecule has 1 aromatic rings. The number of carbonyl (C=O) groups excluding carboxylic acids is 1. The summed E-state index contributed by atoms with van der Waals surface area (Å²) in [5.74, 6) is -0.488. The Morgan fingerprint density at radius 2 is 1.84 bits per heavy atom. The van der Waals surface area contributed by atoms with Crippen LogP contribution < -0.4 is 5.32 Å². The first-order valence-corrected chi connectivity index (χ1v) is 8.32. The number of benzene rings is 1. The van der Waals surface area contributed by atoms with Gasteiger partial charge >= 0.3 is 0 Å². The largest absolute Gasteiger partial charge is 0.504 e. The summed E-state index contributed by atoms with van der Waals surface area (Å²) < 4.78 is 0. The van der Waals surface area contributed by atoms with Crippen molar-refractivity contribution in [3.63, 3.8) is 0 Å². The van der Waals surface area contributed by atoms with E-state index in [-0.39, 0.29) is 17.4 Å². The Morgan fingerprint density at radius 3 is 2.52 bits per heavy atom. The van der Waals surface area contributed by atoms with E-state index in [1.165, 1.54) is 29.4 Å². The van der Waals surface area contributed by atoms with Gasteiger partial charge < -0.3 is 15.5 Å². The third-order valence-electron chi connectivity index (χ3n) is 3.46. The van der Waals surface area contributed by atoms with Crippen LogP contribution in [0.4, 0.5) is 0 Å². The molecule has 0 unspecified atom stereocenters. The highest BCUT2D eigenvalue weighted by Gasteiger charge is 1.97. The fourth-order valence-corrected chi connectivity index (χ4v) is 2.03. The van der Waals surface area contributed by atoms with E-state index in [0.717, 1.165) is 18.4 Å². The Kier molecular flexibility index (Phi) is 8.86. The normalized spacial score (nSPS) is 11.9. The molecule has 1 aromatic carbocycles. The van der Waals surface area contributed by atoms with E-state index in [9.17, 15) is 15.0 Å². The minimum Gasteiger partial charge on any atom is -0.504 e. The van der Waals surface area contributed by atoms with Gasteiger partial charge in [0.1, 0.15) is 0 Å². The summed E-state index contributed by atoms with van der Waals surface area (Å²) in [7, 11) is 0. The molecule has 0 fully saturated rings. The van der Waals surface area contributed by atoms with Crippen molar-refractivity contribution in [1.29, 1.82) is 0 Å². The van der Waals surface area contributed by atoms with Crippen LogP contribution in [0, 0.1) is 0 Å². The molecule has 0 heterocycles. The third-order valence-corrected chi connectivity index (χ3v) is 3.46. The van der Waals surface area contributed by atoms with E-state index in [4.69, 9.17) is 0 Å². The molecule has 134 valence electrons. The van der Waals surface area contributed by atoms with E-state index in [2.05, 4.69) is 32.2 Å². The maximum atomic E-state index is 11.7. The van der Waals surface area contributed by atoms with Crippen molar-refractivity contribution in [2.45, 2.75) is 33.6 Å². The maximum absolute atomic E-state index is 11.7. The van der Waals surface area contributed by atoms with Crippen LogP contribution in [-0.2, 0) is 4.79 Å². The van der Waals surface area contributed by atoms with Gasteiger partial charge in [0.15, 0.2) is 11.5 Å². The molecule has 0 saturated heterocycles. The van der Waals surface area contributed by atoms with Crippen LogP contribution in [0.1, 0.15) is 39.2 Å². The molecular weight excluding hydrogens is 314 g/mol. The minimum atomic E-state index is -0.171. The molecule has 0 aromatic heterocycles. The van der Waals surface area contributed by atoms with Crippen molar-refractivity contribution in [3.8, 4) is 11.5 Å². The number of hydrogen-bond donors (Lipinski definition) is 3. The van der Waals surface area contributed by atoms with E-state index in [1.54, 1.807) is 24.3 Å². The van der Waals surface area contributed by atoms with Gasteiger partial charge in [-0.25, -0.2) is 0 Å². The number of aromatic hydroxyl groups is 2. The van der Waals surface area contributed by atoms with Crippen molar-refractivity contribution >= 4 is 12.0 Å². The summed E-state index contributed by atoms with van der Waals surface area (Å²) in [6, 6.07) is 4.53. The highest BCUT2D eigenvalue weighted by Crippen LogP contribution is 2.25. The highest BCUT2D eigenvalue weighted by molar-refractivity contribution is 5.88. The van der Waals surface area contributed by atoms with Crippen molar-refractivity contribution in [2.75, 3.05) is 6.54 Å². The van der Waals surface area contributed by atoms with Gasteiger partial charge in [-0.2, -0.15) is 0 Å². The average molecular weight is 341 g/mol. The summed E-state index contributed by atoms with van der Waals surface area (Å²) in [5.41, 5.74) is 3.31. The molecule has 0 atom stereocenters. The molecular formula is C21H27NO3. The second-order valence-electron chi connectivity index (χ2n) is 6.08. The maximum Gasteiger partial charge on any atom is 0.244 e. The zero-order valence-electron chi connectivity index (χ0n) is 15.1. The van der Waals surface area contributed by atoms with Gasteiger partial charge in [-0.1, -0.05) is 47.6 Å². The molecule has 0 aliphatic carbocycles. The first kappa shape index (κ1) is 20.3. The zero-order valence-corrected chi connectivity index (χ0v) is 15.1. The molecule has 1 rings (SSSR count). The van der Waals surface area contributed by atoms with E-state index in [1.807, 2.05) is 6.08 Å². The number of allylic oxidation sites excluding steroid dienone is 5. The third kappa shape index (κ3) is 9.20. The number of nitrogens with one attached hydrogen (secondary N) is 1. The summed E-state index contributed by atoms with van der Waals surface area (Å²) in [6.45, 7) is 6.75. The van der Waals surface area contributed by atoms with Gasteiger partial charge in [0.05, 0.1) is 0 Å². The summed E-state index contributed by atoms with van der Waals surface area (Å²) in [5, 5.41) is 21.4. The lowest BCUT2D eigenvalue weighted by Crippen LogP contribution is -2.20. The monoisotopic (exact) mass is 341 g/mol. The molecule has 4 heteroatoms. The number of carbonyl (C=O) groups is 1. The quantitative estimate of drug-likeness (QED) is 0.283. The van der Waals surface area contributed by atoms with Crippen molar-refractivity contribution in [3.05, 3.63) is 65.3 Å². The molecule has 1 amide bonds. The standard InChI is InChI=1S/C21H27NO3/c1-16(2)7-6-8-17(3)13-14-22-21(25)10-5-4-9-18-11-12-19(23)20(24)15-18/h4-5,7,9-13,15,23-24H,6,8,14H2,1-3H3,(H,22,25). The molecule has 0 aliphatic rings. The minimum absolute atomic E-state index is 0.156. The topological polar surface area (TPSA) is 69.6 Å². The van der Waals surface area contributed by atoms with E-state index in [0.29, 0.717) is 6.54 Å². The second kappa shape index (κ2) is 10.9. The predicted molar refractivity (Wildman–Crippen MR) is 103 cm³/mol. The first-order chi connectivity index (χ1) is 11.9. The fourth-order valence-electron chi connectivity index (χ4n) is 2.03. The Morgan fingerprint density at radius 1 is 1.08 bits per heavy atom. The average Bonchev–Trinajstić information content (AvgIpc) is 2.54. The molecule has 0 spiro atoms. The lowest BCUT2D eigenvalue weighted by atomic mass is 10.1. The highest BCUT2D eigenvalue weighted by atomic mass is 16.3. The Labute approximate surface area is 149 Å². The number of amides is 1. The molecule has 4 nitrogen and oxygen atoms in total. The van der Waals surface area contributed by atoms with Crippen molar-refractivity contribution in [2.24, 2.45) is 0 Å². The van der Waals surface area contributed by atoms with Crippen LogP contribution >= 0.6 is 0 Å². The second-order valence-corrected chi connectivity index (χ2v) is 6.08. The Balaban J connectivity index is 2.35. The predicted octanol–water partition coefficient (Wildman–Crippen LogP) is 4.48. The SMILES string of the molecule is CC(C)=CCCC(C)=CCNC(=O)C=CC=Cc1ccc(O)c(O)c1. The lowest BCUT2D eigenvalue weighted by molar-refractivity contribution is -0.116. The first-order valence-electron chi connectivity index (χ1n) is 8.32. The fraction of sp³-hybridized carbons (Fsp3) is 0.286. The molecule has 0 aliphatic heterocycles. The zero-order chi connectivity index (χ0) is 18.7. The van der Waals surface area contributed by atoms with Gasteiger partial charge in [0, 0.05) is 12.6 Å². The summed E-state index contributed by atoms with van der Waals surface area (Å²) in [4.78, 5) is 11.7. The number of rotatable bonds is 8. The Bertz CT molecular complexity index is 693. The van der Waals surface area contributed by atoms with Gasteiger partial charge in [0.2, 0.25) is 5.91 Å². The van der Waals surface area contributed by atoms with Crippen LogP contribution in [0.3, 0.4) is 0 Å². The molecule has 25 heavy (non-hydrogen) atoms.